The van der Waals surface area contributed by atoms with Crippen molar-refractivity contribution in [2.24, 2.45) is 11.8 Å². The Kier molecular flexibility index (Phi) is 6.23. The molecule has 1 aromatic rings. The van der Waals surface area contributed by atoms with Gasteiger partial charge in [-0.2, -0.15) is 5.01 Å². The molecular formula is C20H28N4O3. The van der Waals surface area contributed by atoms with Gasteiger partial charge in [0.25, 0.3) is 0 Å². The average Bonchev–Trinajstić information content (AvgIpc) is 2.97. The molecule has 3 heterocycles. The number of nitrogens with one attached hydrogen (secondary N) is 2. The molecule has 27 heavy (non-hydrogen) atoms. The number of unbranched alkanes of at least 4 members (excludes halogenated alkanes) is 1. The lowest BCUT2D eigenvalue weighted by atomic mass is 9.85. The number of fused-ring (bicyclic) bond motifs is 1. The Morgan fingerprint density at radius 3 is 2.74 bits per heavy atom. The number of hydrazine groups is 1. The maximum atomic E-state index is 12.4. The molecule has 0 radical (unpaired) electrons. The van der Waals surface area contributed by atoms with Crippen LogP contribution in [0.15, 0.2) is 36.5 Å². The average molecular weight is 372 g/mol. The monoisotopic (exact) mass is 372 g/mol. The van der Waals surface area contributed by atoms with Crippen LogP contribution in [0.4, 0.5) is 5.82 Å². The van der Waals surface area contributed by atoms with Crippen molar-refractivity contribution in [2.45, 2.75) is 57.7 Å². The minimum absolute atomic E-state index is 0.115. The molecule has 0 aliphatic carbocycles. The number of aromatic nitrogens is 1. The first kappa shape index (κ1) is 19.5. The molecule has 5 unspecified atom stereocenters. The fraction of sp³-hybridized carbons (Fsp3) is 0.550. The van der Waals surface area contributed by atoms with Crippen LogP contribution >= 0.6 is 0 Å². The molecule has 7 heteroatoms. The number of carbonyl (C=O) groups excluding carboxylic acids is 2. The van der Waals surface area contributed by atoms with Gasteiger partial charge >= 0.3 is 0 Å². The number of hydrogen-bond donors (Lipinski definition) is 3. The summed E-state index contributed by atoms with van der Waals surface area (Å²) < 4.78 is 0. The van der Waals surface area contributed by atoms with Crippen molar-refractivity contribution >= 4 is 17.6 Å². The van der Waals surface area contributed by atoms with Crippen molar-refractivity contribution in [1.29, 1.82) is 0 Å². The Labute approximate surface area is 159 Å². The molecule has 5 atom stereocenters. The van der Waals surface area contributed by atoms with Crippen molar-refractivity contribution in [3.05, 3.63) is 36.5 Å². The van der Waals surface area contributed by atoms with E-state index >= 15 is 0 Å². The normalized spacial score (nSPS) is 27.1. The molecule has 1 aromatic heterocycles. The largest absolute Gasteiger partial charge is 0.391 e. The highest BCUT2D eigenvalue weighted by atomic mass is 16.3. The van der Waals surface area contributed by atoms with E-state index in [0.29, 0.717) is 5.82 Å². The van der Waals surface area contributed by atoms with Gasteiger partial charge < -0.3 is 10.5 Å². The third kappa shape index (κ3) is 4.04. The molecule has 2 aliphatic heterocycles. The maximum Gasteiger partial charge on any atom is 0.246 e. The van der Waals surface area contributed by atoms with Crippen LogP contribution in [0.1, 0.15) is 39.5 Å². The number of anilines is 1. The van der Waals surface area contributed by atoms with Crippen LogP contribution in [0, 0.1) is 11.8 Å². The number of rotatable bonds is 8. The molecular weight excluding hydrogens is 344 g/mol. The van der Waals surface area contributed by atoms with Gasteiger partial charge in [-0.15, -0.1) is 0 Å². The second kappa shape index (κ2) is 8.63. The van der Waals surface area contributed by atoms with E-state index in [2.05, 4.69) is 29.6 Å². The Bertz CT molecular complexity index is 694. The van der Waals surface area contributed by atoms with Gasteiger partial charge in [0.15, 0.2) is 0 Å². The number of nitrogens with zero attached hydrogens (tertiary/aromatic N) is 2. The maximum absolute atomic E-state index is 12.4. The summed E-state index contributed by atoms with van der Waals surface area (Å²) in [6.45, 7) is 4.20. The summed E-state index contributed by atoms with van der Waals surface area (Å²) in [7, 11) is 0. The zero-order chi connectivity index (χ0) is 19.4. The van der Waals surface area contributed by atoms with Gasteiger partial charge in [0, 0.05) is 6.20 Å². The molecule has 0 bridgehead atoms. The fourth-order valence-corrected chi connectivity index (χ4v) is 3.93. The SMILES string of the molecule is CCCCC(CC)C(O)C1C=CC2C(=O)NC(=O)C2N1Nc1ccccn1. The van der Waals surface area contributed by atoms with Crippen LogP contribution in [-0.4, -0.2) is 45.1 Å². The molecule has 3 N–H and O–H groups in total. The topological polar surface area (TPSA) is 94.6 Å². The molecule has 0 aromatic carbocycles. The van der Waals surface area contributed by atoms with Crippen molar-refractivity contribution in [3.8, 4) is 0 Å². The van der Waals surface area contributed by atoms with Gasteiger partial charge in [-0.05, 0) is 24.5 Å². The Hall–Kier alpha value is -2.25. The van der Waals surface area contributed by atoms with Crippen LogP contribution < -0.4 is 10.7 Å². The molecule has 3 rings (SSSR count). The number of pyridine rings is 1. The zero-order valence-corrected chi connectivity index (χ0v) is 15.8. The molecule has 2 amide bonds. The van der Waals surface area contributed by atoms with E-state index in [1.165, 1.54) is 0 Å². The van der Waals surface area contributed by atoms with Crippen LogP contribution in [0.5, 0.6) is 0 Å². The van der Waals surface area contributed by atoms with E-state index in [-0.39, 0.29) is 17.7 Å². The van der Waals surface area contributed by atoms with Crippen LogP contribution in [0.3, 0.4) is 0 Å². The summed E-state index contributed by atoms with van der Waals surface area (Å²) in [5, 5.41) is 15.2. The van der Waals surface area contributed by atoms with Gasteiger partial charge in [-0.3, -0.25) is 14.9 Å². The van der Waals surface area contributed by atoms with Gasteiger partial charge in [0.1, 0.15) is 11.9 Å². The third-order valence-electron chi connectivity index (χ3n) is 5.49. The molecule has 7 nitrogen and oxygen atoms in total. The predicted octanol–water partition coefficient (Wildman–Crippen LogP) is 1.87. The number of amides is 2. The number of aliphatic hydroxyl groups excluding tert-OH is 1. The lowest BCUT2D eigenvalue weighted by Gasteiger charge is -2.42. The number of aliphatic hydroxyl groups is 1. The number of imide groups is 1. The highest BCUT2D eigenvalue weighted by Gasteiger charge is 2.50. The Balaban J connectivity index is 1.89. The van der Waals surface area contributed by atoms with Gasteiger partial charge in [-0.1, -0.05) is 51.3 Å². The highest BCUT2D eigenvalue weighted by Crippen LogP contribution is 2.32. The van der Waals surface area contributed by atoms with Crippen molar-refractivity contribution in [3.63, 3.8) is 0 Å². The molecule has 0 saturated carbocycles. The predicted molar refractivity (Wildman–Crippen MR) is 102 cm³/mol. The van der Waals surface area contributed by atoms with Gasteiger partial charge in [-0.25, -0.2) is 4.98 Å². The van der Waals surface area contributed by atoms with Crippen LogP contribution in [0.25, 0.3) is 0 Å². The van der Waals surface area contributed by atoms with Crippen LogP contribution in [0.2, 0.25) is 0 Å². The lowest BCUT2D eigenvalue weighted by Crippen LogP contribution is -2.58. The quantitative estimate of drug-likeness (QED) is 0.476. The number of hydrogen-bond acceptors (Lipinski definition) is 6. The molecule has 2 aliphatic rings. The minimum atomic E-state index is -0.701. The van der Waals surface area contributed by atoms with E-state index in [4.69, 9.17) is 0 Å². The number of carbonyl (C=O) groups is 2. The van der Waals surface area contributed by atoms with E-state index in [9.17, 15) is 14.7 Å². The second-order valence-electron chi connectivity index (χ2n) is 7.23. The fourth-order valence-electron chi connectivity index (χ4n) is 3.93. The lowest BCUT2D eigenvalue weighted by molar-refractivity contribution is -0.126. The molecule has 146 valence electrons. The van der Waals surface area contributed by atoms with Crippen molar-refractivity contribution in [2.75, 3.05) is 5.43 Å². The smallest absolute Gasteiger partial charge is 0.246 e. The van der Waals surface area contributed by atoms with E-state index in [1.54, 1.807) is 29.4 Å². The summed E-state index contributed by atoms with van der Waals surface area (Å²) in [5.41, 5.74) is 3.17. The first-order valence-corrected chi connectivity index (χ1v) is 9.73. The highest BCUT2D eigenvalue weighted by molar-refractivity contribution is 6.08. The summed E-state index contributed by atoms with van der Waals surface area (Å²) in [5.74, 6) is -0.536. The standard InChI is InChI=1S/C20H28N4O3/c1-3-5-8-13(4-2)18(25)15-11-10-14-17(20(27)22-19(14)26)24(15)23-16-9-6-7-12-21-16/h6-7,9-15,17-18,25H,3-5,8H2,1-2H3,(H,21,23)(H,22,26,27). The molecule has 1 fully saturated rings. The first-order chi connectivity index (χ1) is 13.1. The van der Waals surface area contributed by atoms with E-state index in [0.717, 1.165) is 25.7 Å². The van der Waals surface area contributed by atoms with Crippen LogP contribution in [-0.2, 0) is 9.59 Å². The molecule has 1 saturated heterocycles. The molecule has 0 spiro atoms. The summed E-state index contributed by atoms with van der Waals surface area (Å²) in [6.07, 6.45) is 8.49. The second-order valence-corrected chi connectivity index (χ2v) is 7.23. The third-order valence-corrected chi connectivity index (χ3v) is 5.49. The first-order valence-electron chi connectivity index (χ1n) is 9.73. The van der Waals surface area contributed by atoms with Crippen molar-refractivity contribution in [1.82, 2.24) is 15.3 Å². The summed E-state index contributed by atoms with van der Waals surface area (Å²) in [6, 6.07) is 4.31. The van der Waals surface area contributed by atoms with Gasteiger partial charge in [0.2, 0.25) is 11.8 Å². The Morgan fingerprint density at radius 2 is 2.07 bits per heavy atom. The zero-order valence-electron chi connectivity index (χ0n) is 15.8. The van der Waals surface area contributed by atoms with Crippen molar-refractivity contribution < 1.29 is 14.7 Å². The summed E-state index contributed by atoms with van der Waals surface area (Å²) >= 11 is 0. The summed E-state index contributed by atoms with van der Waals surface area (Å²) in [4.78, 5) is 28.8. The minimum Gasteiger partial charge on any atom is -0.391 e. The van der Waals surface area contributed by atoms with E-state index < -0.39 is 24.1 Å². The van der Waals surface area contributed by atoms with Gasteiger partial charge in [0.05, 0.1) is 18.1 Å². The Morgan fingerprint density at radius 1 is 1.26 bits per heavy atom. The van der Waals surface area contributed by atoms with E-state index in [1.807, 2.05) is 12.1 Å².